The van der Waals surface area contributed by atoms with Gasteiger partial charge < -0.3 is 34.5 Å². The van der Waals surface area contributed by atoms with Crippen LogP contribution in [0, 0.1) is 6.92 Å². The van der Waals surface area contributed by atoms with Crippen LogP contribution in [0.3, 0.4) is 0 Å². The summed E-state index contributed by atoms with van der Waals surface area (Å²) < 4.78 is 21.1. The molecule has 0 amide bonds. The minimum Gasteiger partial charge on any atom is -0.481 e. The lowest BCUT2D eigenvalue weighted by molar-refractivity contribution is -0.137. The third-order valence-electron chi connectivity index (χ3n) is 5.27. The zero-order valence-electron chi connectivity index (χ0n) is 20.8. The van der Waals surface area contributed by atoms with Gasteiger partial charge in [-0.2, -0.15) is 0 Å². The van der Waals surface area contributed by atoms with Crippen molar-refractivity contribution < 1.29 is 48.3 Å². The van der Waals surface area contributed by atoms with Gasteiger partial charge in [0.15, 0.2) is 0 Å². The van der Waals surface area contributed by atoms with Gasteiger partial charge in [-0.3, -0.25) is 9.59 Å². The zero-order valence-corrected chi connectivity index (χ0v) is 20.8. The molecule has 2 aromatic rings. The number of unbranched alkanes of at least 4 members (excludes halogenated alkanes) is 4. The molecule has 0 aromatic heterocycles. The summed E-state index contributed by atoms with van der Waals surface area (Å²) in [6, 6.07) is 8.55. The number of carbonyl (C=O) groups is 4. The number of carbonyl (C=O) groups excluding carboxylic acids is 2. The second kappa shape index (κ2) is 16.0. The molecule has 0 unspecified atom stereocenters. The van der Waals surface area contributed by atoms with E-state index in [1.807, 2.05) is 0 Å². The normalized spacial score (nSPS) is 10.6. The average Bonchev–Trinajstić information content (AvgIpc) is 2.84. The molecule has 0 fully saturated rings. The van der Waals surface area contributed by atoms with Crippen LogP contribution >= 0.6 is 0 Å². The summed E-state index contributed by atoms with van der Waals surface area (Å²) in [6.07, 6.45) is 2.23. The van der Waals surface area contributed by atoms with Crippen LogP contribution in [0.5, 0.6) is 11.5 Å². The molecule has 202 valence electrons. The summed E-state index contributed by atoms with van der Waals surface area (Å²) in [6.45, 7) is 2.36. The number of aliphatic carboxylic acids is 2. The Labute approximate surface area is 214 Å². The van der Waals surface area contributed by atoms with Crippen LogP contribution < -0.4 is 14.8 Å². The molecule has 11 heteroatoms. The smallest absolute Gasteiger partial charge is 0.481 e. The highest BCUT2D eigenvalue weighted by molar-refractivity contribution is 5.96. The molecular weight excluding hydrogens is 486 g/mol. The zero-order chi connectivity index (χ0) is 27.0. The fourth-order valence-electron chi connectivity index (χ4n) is 3.49. The van der Waals surface area contributed by atoms with Crippen LogP contribution in [-0.4, -0.2) is 60.8 Å². The largest absolute Gasteiger partial charge is 0.513 e. The first-order chi connectivity index (χ1) is 17.8. The van der Waals surface area contributed by atoms with Crippen molar-refractivity contribution in [3.05, 3.63) is 35.9 Å². The van der Waals surface area contributed by atoms with Gasteiger partial charge in [-0.05, 0) is 50.8 Å². The Bertz CT molecular complexity index is 1070. The molecule has 0 aliphatic carbocycles. The second-order valence-electron chi connectivity index (χ2n) is 8.30. The summed E-state index contributed by atoms with van der Waals surface area (Å²) in [4.78, 5) is 45.4. The molecule has 0 aliphatic rings. The standard InChI is InChI=1S/C26H33NO10/c1-18-16-21(36-25(32)34-15-9-7-13-27-17-23(30)31)19-10-5-6-11-20(19)24(18)37-26(33)35-14-8-3-2-4-12-22(28)29/h5-6,10-11,16,27H,2-4,7-9,12-15,17H2,1H3,(H,28,29)(H,30,31). The lowest BCUT2D eigenvalue weighted by atomic mass is 10.0. The lowest BCUT2D eigenvalue weighted by Crippen LogP contribution is -2.23. The van der Waals surface area contributed by atoms with Gasteiger partial charge in [-0.1, -0.05) is 37.1 Å². The molecular formula is C26H33NO10. The molecule has 0 saturated carbocycles. The summed E-state index contributed by atoms with van der Waals surface area (Å²) in [5.74, 6) is -1.22. The van der Waals surface area contributed by atoms with Gasteiger partial charge >= 0.3 is 24.2 Å². The first-order valence-corrected chi connectivity index (χ1v) is 12.1. The molecule has 0 atom stereocenters. The molecule has 0 bridgehead atoms. The van der Waals surface area contributed by atoms with E-state index in [4.69, 9.17) is 29.2 Å². The maximum atomic E-state index is 12.2. The first kappa shape index (κ1) is 29.4. The molecule has 0 saturated heterocycles. The van der Waals surface area contributed by atoms with Crippen molar-refractivity contribution in [1.82, 2.24) is 5.32 Å². The molecule has 2 rings (SSSR count). The lowest BCUT2D eigenvalue weighted by Gasteiger charge is -2.14. The molecule has 0 spiro atoms. The van der Waals surface area contributed by atoms with E-state index in [0.29, 0.717) is 48.6 Å². The van der Waals surface area contributed by atoms with Crippen LogP contribution in [0.1, 0.15) is 50.5 Å². The summed E-state index contributed by atoms with van der Waals surface area (Å²) >= 11 is 0. The second-order valence-corrected chi connectivity index (χ2v) is 8.30. The molecule has 3 N–H and O–H groups in total. The predicted octanol–water partition coefficient (Wildman–Crippen LogP) is 4.67. The number of hydrogen-bond acceptors (Lipinski definition) is 9. The highest BCUT2D eigenvalue weighted by Gasteiger charge is 2.18. The third-order valence-corrected chi connectivity index (χ3v) is 5.27. The van der Waals surface area contributed by atoms with Gasteiger partial charge in [-0.25, -0.2) is 9.59 Å². The molecule has 2 aromatic carbocycles. The van der Waals surface area contributed by atoms with Crippen LogP contribution in [0.15, 0.2) is 30.3 Å². The number of nitrogens with one attached hydrogen (secondary N) is 1. The van der Waals surface area contributed by atoms with Crippen LogP contribution in [0.25, 0.3) is 10.8 Å². The van der Waals surface area contributed by atoms with E-state index >= 15 is 0 Å². The summed E-state index contributed by atoms with van der Waals surface area (Å²) in [5, 5.41) is 21.1. The fraction of sp³-hybridized carbons (Fsp3) is 0.462. The number of benzene rings is 2. The van der Waals surface area contributed by atoms with Crippen LogP contribution in [-0.2, 0) is 19.1 Å². The monoisotopic (exact) mass is 519 g/mol. The maximum Gasteiger partial charge on any atom is 0.513 e. The van der Waals surface area contributed by atoms with Gasteiger partial charge in [0.2, 0.25) is 0 Å². The molecule has 0 radical (unpaired) electrons. The Morgan fingerprint density at radius 2 is 1.41 bits per heavy atom. The minimum absolute atomic E-state index is 0.122. The number of aryl methyl sites for hydroxylation is 1. The highest BCUT2D eigenvalue weighted by Crippen LogP contribution is 2.37. The van der Waals surface area contributed by atoms with Crippen molar-refractivity contribution in [2.75, 3.05) is 26.3 Å². The number of carboxylic acid groups (broad SMARTS) is 2. The number of ether oxygens (including phenoxy) is 4. The van der Waals surface area contributed by atoms with Crippen LogP contribution in [0.4, 0.5) is 9.59 Å². The number of carboxylic acids is 2. The minimum atomic E-state index is -0.933. The van der Waals surface area contributed by atoms with Gasteiger partial charge in [0.05, 0.1) is 19.8 Å². The van der Waals surface area contributed by atoms with Crippen molar-refractivity contribution in [3.63, 3.8) is 0 Å². The van der Waals surface area contributed by atoms with Gasteiger partial charge in [0.25, 0.3) is 0 Å². The van der Waals surface area contributed by atoms with E-state index < -0.39 is 24.2 Å². The van der Waals surface area contributed by atoms with Crippen molar-refractivity contribution >= 4 is 35.0 Å². The number of fused-ring (bicyclic) bond motifs is 1. The summed E-state index contributed by atoms with van der Waals surface area (Å²) in [5.41, 5.74) is 0.552. The quantitative estimate of drug-likeness (QED) is 0.161. The van der Waals surface area contributed by atoms with E-state index in [0.717, 1.165) is 12.8 Å². The Morgan fingerprint density at radius 1 is 0.784 bits per heavy atom. The van der Waals surface area contributed by atoms with E-state index in [1.54, 1.807) is 37.3 Å². The summed E-state index contributed by atoms with van der Waals surface area (Å²) in [7, 11) is 0. The van der Waals surface area contributed by atoms with Crippen molar-refractivity contribution in [2.24, 2.45) is 0 Å². The predicted molar refractivity (Wildman–Crippen MR) is 133 cm³/mol. The van der Waals surface area contributed by atoms with Gasteiger partial charge in [0.1, 0.15) is 11.5 Å². The van der Waals surface area contributed by atoms with E-state index in [1.165, 1.54) is 0 Å². The number of hydrogen-bond donors (Lipinski definition) is 3. The van der Waals surface area contributed by atoms with Crippen LogP contribution in [0.2, 0.25) is 0 Å². The van der Waals surface area contributed by atoms with Crippen molar-refractivity contribution in [2.45, 2.75) is 51.9 Å². The molecule has 0 heterocycles. The first-order valence-electron chi connectivity index (χ1n) is 12.1. The topological polar surface area (TPSA) is 158 Å². The maximum absolute atomic E-state index is 12.2. The average molecular weight is 520 g/mol. The van der Waals surface area contributed by atoms with E-state index in [-0.39, 0.29) is 37.7 Å². The Hall–Kier alpha value is -3.86. The third kappa shape index (κ3) is 11.2. The Balaban J connectivity index is 1.87. The van der Waals surface area contributed by atoms with E-state index in [9.17, 15) is 19.2 Å². The highest BCUT2D eigenvalue weighted by atomic mass is 16.7. The molecule has 37 heavy (non-hydrogen) atoms. The van der Waals surface area contributed by atoms with Gasteiger partial charge in [-0.15, -0.1) is 0 Å². The Morgan fingerprint density at radius 3 is 2.08 bits per heavy atom. The molecule has 11 nitrogen and oxygen atoms in total. The van der Waals surface area contributed by atoms with E-state index in [2.05, 4.69) is 5.32 Å². The SMILES string of the molecule is Cc1cc(OC(=O)OCCCCNCC(=O)O)c2ccccc2c1OC(=O)OCCCCCCC(=O)O. The number of rotatable bonds is 16. The molecule has 0 aliphatic heterocycles. The fourth-order valence-corrected chi connectivity index (χ4v) is 3.49. The van der Waals surface area contributed by atoms with Crippen molar-refractivity contribution in [1.29, 1.82) is 0 Å². The Kier molecular flexibility index (Phi) is 12.7. The van der Waals surface area contributed by atoms with Crippen molar-refractivity contribution in [3.8, 4) is 11.5 Å². The van der Waals surface area contributed by atoms with Gasteiger partial charge in [0, 0.05) is 17.2 Å².